The Kier molecular flexibility index (Phi) is 3.59. The number of aryl methyl sites for hydroxylation is 1. The molecule has 0 aliphatic heterocycles. The number of hydrogen-bond acceptors (Lipinski definition) is 1. The average Bonchev–Trinajstić information content (AvgIpc) is 2.32. The molecule has 0 amide bonds. The summed E-state index contributed by atoms with van der Waals surface area (Å²) in [5, 5.41) is 0. The summed E-state index contributed by atoms with van der Waals surface area (Å²) in [6, 6.07) is 4.95. The predicted molar refractivity (Wildman–Crippen MR) is 64.6 cm³/mol. The van der Waals surface area contributed by atoms with Gasteiger partial charge in [-0.3, -0.25) is 0 Å². The topological polar surface area (TPSA) is 26.0 Å². The van der Waals surface area contributed by atoms with Gasteiger partial charge in [-0.05, 0) is 48.9 Å². The van der Waals surface area contributed by atoms with Crippen LogP contribution in [0.5, 0.6) is 0 Å². The van der Waals surface area contributed by atoms with E-state index < -0.39 is 0 Å². The van der Waals surface area contributed by atoms with Crippen molar-refractivity contribution in [2.45, 2.75) is 45.1 Å². The molecular formula is C14H20FN. The van der Waals surface area contributed by atoms with Gasteiger partial charge in [0.15, 0.2) is 0 Å². The summed E-state index contributed by atoms with van der Waals surface area (Å²) in [4.78, 5) is 0. The second-order valence-corrected chi connectivity index (χ2v) is 4.92. The Morgan fingerprint density at radius 2 is 1.94 bits per heavy atom. The van der Waals surface area contributed by atoms with Gasteiger partial charge in [-0.15, -0.1) is 0 Å². The van der Waals surface area contributed by atoms with Crippen molar-refractivity contribution in [1.29, 1.82) is 0 Å². The molecule has 16 heavy (non-hydrogen) atoms. The molecule has 0 unspecified atom stereocenters. The van der Waals surface area contributed by atoms with Gasteiger partial charge < -0.3 is 5.73 Å². The summed E-state index contributed by atoms with van der Waals surface area (Å²) < 4.78 is 13.2. The van der Waals surface area contributed by atoms with Crippen molar-refractivity contribution in [2.75, 3.05) is 0 Å². The quantitative estimate of drug-likeness (QED) is 0.809. The van der Waals surface area contributed by atoms with Crippen LogP contribution in [0.25, 0.3) is 0 Å². The van der Waals surface area contributed by atoms with Gasteiger partial charge in [0, 0.05) is 6.04 Å². The molecule has 1 aliphatic carbocycles. The van der Waals surface area contributed by atoms with E-state index in [2.05, 4.69) is 0 Å². The van der Waals surface area contributed by atoms with Gasteiger partial charge in [0.05, 0.1) is 0 Å². The van der Waals surface area contributed by atoms with Crippen LogP contribution in [0.4, 0.5) is 4.39 Å². The smallest absolute Gasteiger partial charge is 0.123 e. The molecule has 2 N–H and O–H groups in total. The first kappa shape index (κ1) is 11.6. The molecule has 1 nitrogen and oxygen atoms in total. The number of rotatable bonds is 2. The molecule has 1 aromatic carbocycles. The molecule has 0 heterocycles. The summed E-state index contributed by atoms with van der Waals surface area (Å²) in [5.74, 6) is 0.362. The van der Waals surface area contributed by atoms with Crippen molar-refractivity contribution in [3.8, 4) is 0 Å². The third kappa shape index (κ3) is 2.43. The van der Waals surface area contributed by atoms with Gasteiger partial charge in [-0.1, -0.05) is 25.3 Å². The summed E-state index contributed by atoms with van der Waals surface area (Å²) in [5.41, 5.74) is 8.38. The molecule has 88 valence electrons. The van der Waals surface area contributed by atoms with Crippen LogP contribution >= 0.6 is 0 Å². The highest BCUT2D eigenvalue weighted by Gasteiger charge is 2.23. The zero-order chi connectivity index (χ0) is 11.5. The fourth-order valence-electron chi connectivity index (χ4n) is 2.72. The molecule has 0 bridgehead atoms. The first-order valence-electron chi connectivity index (χ1n) is 6.20. The van der Waals surface area contributed by atoms with Gasteiger partial charge in [-0.2, -0.15) is 0 Å². The van der Waals surface area contributed by atoms with E-state index in [-0.39, 0.29) is 11.9 Å². The summed E-state index contributed by atoms with van der Waals surface area (Å²) >= 11 is 0. The highest BCUT2D eigenvalue weighted by molar-refractivity contribution is 5.29. The molecule has 1 atom stereocenters. The van der Waals surface area contributed by atoms with Gasteiger partial charge in [0.1, 0.15) is 5.82 Å². The lowest BCUT2D eigenvalue weighted by Gasteiger charge is -2.28. The Bertz CT molecular complexity index is 356. The molecule has 0 radical (unpaired) electrons. The monoisotopic (exact) mass is 221 g/mol. The lowest BCUT2D eigenvalue weighted by atomic mass is 9.80. The van der Waals surface area contributed by atoms with Crippen molar-refractivity contribution in [2.24, 2.45) is 11.7 Å². The molecule has 0 spiro atoms. The second kappa shape index (κ2) is 4.96. The van der Waals surface area contributed by atoms with Crippen LogP contribution < -0.4 is 5.73 Å². The largest absolute Gasteiger partial charge is 0.324 e. The van der Waals surface area contributed by atoms with Crippen LogP contribution in [-0.2, 0) is 0 Å². The van der Waals surface area contributed by atoms with Gasteiger partial charge in [0.2, 0.25) is 0 Å². The van der Waals surface area contributed by atoms with Crippen molar-refractivity contribution < 1.29 is 4.39 Å². The SMILES string of the molecule is Cc1ccc(F)cc1[C@@H](N)C1CCCCC1. The minimum atomic E-state index is -0.174. The normalized spacial score (nSPS) is 19.7. The highest BCUT2D eigenvalue weighted by atomic mass is 19.1. The van der Waals surface area contributed by atoms with Crippen molar-refractivity contribution in [3.05, 3.63) is 35.1 Å². The van der Waals surface area contributed by atoms with Crippen LogP contribution in [0.15, 0.2) is 18.2 Å². The number of halogens is 1. The lowest BCUT2D eigenvalue weighted by molar-refractivity contribution is 0.307. The number of benzene rings is 1. The maximum atomic E-state index is 13.2. The zero-order valence-electron chi connectivity index (χ0n) is 9.88. The standard InChI is InChI=1S/C14H20FN/c1-10-7-8-12(15)9-13(10)14(16)11-5-3-2-4-6-11/h7-9,11,14H,2-6,16H2,1H3/t14-/m0/s1. The Morgan fingerprint density at radius 3 is 2.62 bits per heavy atom. The van der Waals surface area contributed by atoms with Crippen molar-refractivity contribution >= 4 is 0 Å². The van der Waals surface area contributed by atoms with Crippen LogP contribution in [-0.4, -0.2) is 0 Å². The van der Waals surface area contributed by atoms with Crippen molar-refractivity contribution in [3.63, 3.8) is 0 Å². The fraction of sp³-hybridized carbons (Fsp3) is 0.571. The molecule has 2 rings (SSSR count). The predicted octanol–water partition coefficient (Wildman–Crippen LogP) is 3.71. The summed E-state index contributed by atoms with van der Waals surface area (Å²) in [6.45, 7) is 2.01. The molecule has 1 aromatic rings. The fourth-order valence-corrected chi connectivity index (χ4v) is 2.72. The van der Waals surface area contributed by atoms with Gasteiger partial charge in [-0.25, -0.2) is 4.39 Å². The summed E-state index contributed by atoms with van der Waals surface area (Å²) in [6.07, 6.45) is 6.25. The van der Waals surface area contributed by atoms with Crippen molar-refractivity contribution in [1.82, 2.24) is 0 Å². The third-order valence-electron chi connectivity index (χ3n) is 3.76. The Labute approximate surface area is 96.9 Å². The maximum absolute atomic E-state index is 13.2. The van der Waals surface area contributed by atoms with E-state index in [1.54, 1.807) is 6.07 Å². The molecule has 0 saturated heterocycles. The van der Waals surface area contributed by atoms with E-state index in [1.165, 1.54) is 38.2 Å². The minimum absolute atomic E-state index is 0.0102. The van der Waals surface area contributed by atoms with E-state index in [9.17, 15) is 4.39 Å². The molecule has 1 saturated carbocycles. The molecule has 1 fully saturated rings. The maximum Gasteiger partial charge on any atom is 0.123 e. The third-order valence-corrected chi connectivity index (χ3v) is 3.76. The first-order valence-corrected chi connectivity index (χ1v) is 6.20. The van der Waals surface area contributed by atoms with E-state index >= 15 is 0 Å². The van der Waals surface area contributed by atoms with Crippen LogP contribution in [0.2, 0.25) is 0 Å². The highest BCUT2D eigenvalue weighted by Crippen LogP contribution is 2.34. The molecule has 0 aromatic heterocycles. The summed E-state index contributed by atoms with van der Waals surface area (Å²) in [7, 11) is 0. The minimum Gasteiger partial charge on any atom is -0.324 e. The van der Waals surface area contributed by atoms with Crippen LogP contribution in [0.1, 0.15) is 49.3 Å². The molecule has 2 heteroatoms. The van der Waals surface area contributed by atoms with Crippen LogP contribution in [0.3, 0.4) is 0 Å². The number of nitrogens with two attached hydrogens (primary N) is 1. The Morgan fingerprint density at radius 1 is 1.25 bits per heavy atom. The van der Waals surface area contributed by atoms with E-state index in [0.29, 0.717) is 5.92 Å². The zero-order valence-corrected chi connectivity index (χ0v) is 9.88. The van der Waals surface area contributed by atoms with E-state index in [1.807, 2.05) is 13.0 Å². The van der Waals surface area contributed by atoms with E-state index in [4.69, 9.17) is 5.73 Å². The Balaban J connectivity index is 2.18. The second-order valence-electron chi connectivity index (χ2n) is 4.92. The molecule has 1 aliphatic rings. The lowest BCUT2D eigenvalue weighted by Crippen LogP contribution is -2.24. The van der Waals surface area contributed by atoms with E-state index in [0.717, 1.165) is 11.1 Å². The van der Waals surface area contributed by atoms with Gasteiger partial charge in [0.25, 0.3) is 0 Å². The Hall–Kier alpha value is -0.890. The molecular weight excluding hydrogens is 201 g/mol. The van der Waals surface area contributed by atoms with Gasteiger partial charge >= 0.3 is 0 Å². The number of hydrogen-bond donors (Lipinski definition) is 1. The first-order chi connectivity index (χ1) is 7.68. The average molecular weight is 221 g/mol. The van der Waals surface area contributed by atoms with Crippen LogP contribution in [0, 0.1) is 18.7 Å².